The fourth-order valence-corrected chi connectivity index (χ4v) is 3.15. The minimum absolute atomic E-state index is 0.829. The Morgan fingerprint density at radius 1 is 1.05 bits per heavy atom. The highest BCUT2D eigenvalue weighted by Crippen LogP contribution is 2.33. The first-order valence-corrected chi connectivity index (χ1v) is 7.97. The van der Waals surface area contributed by atoms with E-state index < -0.39 is 0 Å². The van der Waals surface area contributed by atoms with Gasteiger partial charge in [0.1, 0.15) is 0 Å². The molecule has 0 fully saturated rings. The van der Waals surface area contributed by atoms with E-state index in [2.05, 4.69) is 47.5 Å². The SMILES string of the molecule is CCCNCc1c(Cl)cccc1N1Cc2ccccc2C1. The molecule has 0 saturated heterocycles. The van der Waals surface area contributed by atoms with Gasteiger partial charge < -0.3 is 10.2 Å². The maximum absolute atomic E-state index is 6.43. The lowest BCUT2D eigenvalue weighted by atomic mass is 10.1. The van der Waals surface area contributed by atoms with Gasteiger partial charge in [0.2, 0.25) is 0 Å². The van der Waals surface area contributed by atoms with Crippen molar-refractivity contribution in [3.63, 3.8) is 0 Å². The zero-order valence-electron chi connectivity index (χ0n) is 12.4. The zero-order valence-corrected chi connectivity index (χ0v) is 13.2. The van der Waals surface area contributed by atoms with Crippen LogP contribution in [0.15, 0.2) is 42.5 Å². The van der Waals surface area contributed by atoms with Crippen LogP contribution < -0.4 is 10.2 Å². The minimum Gasteiger partial charge on any atom is -0.363 e. The first-order valence-electron chi connectivity index (χ1n) is 7.59. The second kappa shape index (κ2) is 6.50. The van der Waals surface area contributed by atoms with Gasteiger partial charge in [-0.3, -0.25) is 0 Å². The van der Waals surface area contributed by atoms with Gasteiger partial charge in [0, 0.05) is 35.9 Å². The maximum Gasteiger partial charge on any atom is 0.0471 e. The number of hydrogen-bond acceptors (Lipinski definition) is 2. The van der Waals surface area contributed by atoms with Crippen LogP contribution in [-0.2, 0) is 19.6 Å². The summed E-state index contributed by atoms with van der Waals surface area (Å²) >= 11 is 6.43. The summed E-state index contributed by atoms with van der Waals surface area (Å²) in [4.78, 5) is 2.42. The summed E-state index contributed by atoms with van der Waals surface area (Å²) in [5.41, 5.74) is 5.30. The molecule has 1 aliphatic rings. The van der Waals surface area contributed by atoms with E-state index in [1.54, 1.807) is 0 Å². The van der Waals surface area contributed by atoms with Crippen LogP contribution in [0.3, 0.4) is 0 Å². The molecule has 3 heteroatoms. The average molecular weight is 301 g/mol. The number of benzene rings is 2. The van der Waals surface area contributed by atoms with Gasteiger partial charge in [0.15, 0.2) is 0 Å². The lowest BCUT2D eigenvalue weighted by molar-refractivity contribution is 0.673. The summed E-state index contributed by atoms with van der Waals surface area (Å²) in [6, 6.07) is 14.9. The van der Waals surface area contributed by atoms with Crippen LogP contribution in [0.25, 0.3) is 0 Å². The minimum atomic E-state index is 0.829. The summed E-state index contributed by atoms with van der Waals surface area (Å²) < 4.78 is 0. The Balaban J connectivity index is 1.84. The van der Waals surface area contributed by atoms with Crippen molar-refractivity contribution in [2.45, 2.75) is 33.0 Å². The molecule has 0 aliphatic carbocycles. The van der Waals surface area contributed by atoms with Gasteiger partial charge in [-0.15, -0.1) is 0 Å². The second-order valence-electron chi connectivity index (χ2n) is 5.54. The molecule has 1 N–H and O–H groups in total. The Morgan fingerprint density at radius 3 is 2.43 bits per heavy atom. The van der Waals surface area contributed by atoms with Gasteiger partial charge in [-0.1, -0.05) is 48.9 Å². The lowest BCUT2D eigenvalue weighted by Crippen LogP contribution is -2.20. The molecule has 2 nitrogen and oxygen atoms in total. The quantitative estimate of drug-likeness (QED) is 0.825. The third-order valence-electron chi connectivity index (χ3n) is 4.00. The van der Waals surface area contributed by atoms with Crippen molar-refractivity contribution in [2.75, 3.05) is 11.4 Å². The van der Waals surface area contributed by atoms with Crippen LogP contribution in [0.2, 0.25) is 5.02 Å². The van der Waals surface area contributed by atoms with E-state index in [0.29, 0.717) is 0 Å². The van der Waals surface area contributed by atoms with E-state index >= 15 is 0 Å². The van der Waals surface area contributed by atoms with Crippen molar-refractivity contribution in [3.05, 3.63) is 64.2 Å². The van der Waals surface area contributed by atoms with Crippen LogP contribution >= 0.6 is 11.6 Å². The number of nitrogens with zero attached hydrogens (tertiary/aromatic N) is 1. The molecule has 0 aromatic heterocycles. The smallest absolute Gasteiger partial charge is 0.0471 e. The molecule has 2 aromatic carbocycles. The second-order valence-corrected chi connectivity index (χ2v) is 5.95. The number of fused-ring (bicyclic) bond motifs is 1. The molecule has 0 bridgehead atoms. The molecule has 0 spiro atoms. The molecular weight excluding hydrogens is 280 g/mol. The molecule has 0 atom stereocenters. The molecule has 0 radical (unpaired) electrons. The van der Waals surface area contributed by atoms with Gasteiger partial charge in [-0.05, 0) is 36.2 Å². The molecule has 0 amide bonds. The topological polar surface area (TPSA) is 15.3 Å². The largest absolute Gasteiger partial charge is 0.363 e. The third kappa shape index (κ3) is 3.07. The Labute approximate surface area is 131 Å². The fourth-order valence-electron chi connectivity index (χ4n) is 2.91. The normalized spacial score (nSPS) is 13.5. The van der Waals surface area contributed by atoms with E-state index in [1.807, 2.05) is 12.1 Å². The van der Waals surface area contributed by atoms with Crippen molar-refractivity contribution in [3.8, 4) is 0 Å². The van der Waals surface area contributed by atoms with E-state index in [9.17, 15) is 0 Å². The number of nitrogens with one attached hydrogen (secondary N) is 1. The summed E-state index contributed by atoms with van der Waals surface area (Å²) in [7, 11) is 0. The van der Waals surface area contributed by atoms with E-state index in [0.717, 1.165) is 37.6 Å². The molecule has 110 valence electrons. The third-order valence-corrected chi connectivity index (χ3v) is 4.36. The molecule has 1 heterocycles. The van der Waals surface area contributed by atoms with Crippen molar-refractivity contribution in [1.82, 2.24) is 5.32 Å². The highest BCUT2D eigenvalue weighted by Gasteiger charge is 2.21. The monoisotopic (exact) mass is 300 g/mol. The zero-order chi connectivity index (χ0) is 14.7. The van der Waals surface area contributed by atoms with Gasteiger partial charge in [-0.2, -0.15) is 0 Å². The van der Waals surface area contributed by atoms with Crippen molar-refractivity contribution >= 4 is 17.3 Å². The van der Waals surface area contributed by atoms with Crippen molar-refractivity contribution < 1.29 is 0 Å². The number of halogens is 1. The summed E-state index contributed by atoms with van der Waals surface area (Å²) in [5, 5.41) is 4.32. The molecule has 2 aromatic rings. The number of rotatable bonds is 5. The summed E-state index contributed by atoms with van der Waals surface area (Å²) in [6.45, 7) is 5.97. The number of anilines is 1. The van der Waals surface area contributed by atoms with Crippen LogP contribution in [0.4, 0.5) is 5.69 Å². The molecular formula is C18H21ClN2. The van der Waals surface area contributed by atoms with Crippen molar-refractivity contribution in [1.29, 1.82) is 0 Å². The average Bonchev–Trinajstić information content (AvgIpc) is 2.92. The highest BCUT2D eigenvalue weighted by molar-refractivity contribution is 6.31. The first-order chi connectivity index (χ1) is 10.3. The predicted octanol–water partition coefficient (Wildman–Crippen LogP) is 4.36. The Morgan fingerprint density at radius 2 is 1.76 bits per heavy atom. The van der Waals surface area contributed by atoms with E-state index in [-0.39, 0.29) is 0 Å². The maximum atomic E-state index is 6.43. The van der Waals surface area contributed by atoms with E-state index in [1.165, 1.54) is 22.4 Å². The molecule has 3 rings (SSSR count). The molecule has 1 aliphatic heterocycles. The fraction of sp³-hybridized carbons (Fsp3) is 0.333. The van der Waals surface area contributed by atoms with Gasteiger partial charge in [-0.25, -0.2) is 0 Å². The van der Waals surface area contributed by atoms with Crippen LogP contribution in [-0.4, -0.2) is 6.54 Å². The first kappa shape index (κ1) is 14.4. The van der Waals surface area contributed by atoms with Crippen molar-refractivity contribution in [2.24, 2.45) is 0 Å². The molecule has 21 heavy (non-hydrogen) atoms. The Hall–Kier alpha value is -1.51. The lowest BCUT2D eigenvalue weighted by Gasteiger charge is -2.22. The van der Waals surface area contributed by atoms with Gasteiger partial charge in [0.05, 0.1) is 0 Å². The standard InChI is InChI=1S/C18H21ClN2/c1-2-10-20-11-16-17(19)8-5-9-18(16)21-12-14-6-3-4-7-15(14)13-21/h3-9,20H,2,10-13H2,1H3. The van der Waals surface area contributed by atoms with E-state index in [4.69, 9.17) is 11.6 Å². The summed E-state index contributed by atoms with van der Waals surface area (Å²) in [5.74, 6) is 0. The predicted molar refractivity (Wildman–Crippen MR) is 89.8 cm³/mol. The van der Waals surface area contributed by atoms with Crippen LogP contribution in [0.1, 0.15) is 30.0 Å². The Kier molecular flexibility index (Phi) is 4.47. The van der Waals surface area contributed by atoms with Gasteiger partial charge >= 0.3 is 0 Å². The highest BCUT2D eigenvalue weighted by atomic mass is 35.5. The molecule has 0 unspecified atom stereocenters. The van der Waals surface area contributed by atoms with Crippen LogP contribution in [0.5, 0.6) is 0 Å². The summed E-state index contributed by atoms with van der Waals surface area (Å²) in [6.07, 6.45) is 1.13. The Bertz CT molecular complexity index is 599. The van der Waals surface area contributed by atoms with Gasteiger partial charge in [0.25, 0.3) is 0 Å². The van der Waals surface area contributed by atoms with Crippen LogP contribution in [0, 0.1) is 0 Å². The number of hydrogen-bond donors (Lipinski definition) is 1. The molecule has 0 saturated carbocycles.